The number of nitrogen functional groups attached to an aromatic ring is 1. The number of hydrogen-bond donors (Lipinski definition) is 4. The van der Waals surface area contributed by atoms with Crippen molar-refractivity contribution in [3.63, 3.8) is 0 Å². The van der Waals surface area contributed by atoms with Crippen molar-refractivity contribution in [2.75, 3.05) is 32.9 Å². The summed E-state index contributed by atoms with van der Waals surface area (Å²) in [5.41, 5.74) is 8.78. The molecule has 0 aliphatic heterocycles. The number of hydrogen-bond acceptors (Lipinski definition) is 8. The predicted molar refractivity (Wildman–Crippen MR) is 126 cm³/mol. The van der Waals surface area contributed by atoms with Crippen molar-refractivity contribution < 1.29 is 10.2 Å². The Morgan fingerprint density at radius 1 is 1.19 bits per heavy atom. The summed E-state index contributed by atoms with van der Waals surface area (Å²) in [6, 6.07) is 5.11. The topological polar surface area (TPSA) is 112 Å². The first-order valence-corrected chi connectivity index (χ1v) is 11.1. The van der Waals surface area contributed by atoms with Gasteiger partial charge in [0.15, 0.2) is 22.5 Å². The Hall–Kier alpha value is -2.49. The molecule has 0 aliphatic carbocycles. The van der Waals surface area contributed by atoms with Gasteiger partial charge in [-0.05, 0) is 43.3 Å². The van der Waals surface area contributed by atoms with Crippen molar-refractivity contribution in [2.24, 2.45) is 5.41 Å². The molecular formula is C22H32N6O2S. The summed E-state index contributed by atoms with van der Waals surface area (Å²) in [5, 5.41) is 24.3. The standard InChI is InChI=1S/C22H32N6O2S/c1-22(2,3)13-24-8-9-28-15-6-7-25-20(23)19(15)26-21(28)31-18-11-17(30)16(29)10-14(18)12-27(4)5/h6-7,10-11,24,29-30H,8-9,12-13H2,1-5H3,(H2,23,25). The lowest BCUT2D eigenvalue weighted by Gasteiger charge is -2.19. The summed E-state index contributed by atoms with van der Waals surface area (Å²) in [5.74, 6) is 0.109. The summed E-state index contributed by atoms with van der Waals surface area (Å²) in [4.78, 5) is 11.8. The quantitative estimate of drug-likeness (QED) is 0.309. The molecule has 9 heteroatoms. The molecule has 2 aromatic heterocycles. The molecule has 3 aromatic rings. The van der Waals surface area contributed by atoms with Gasteiger partial charge in [-0.15, -0.1) is 0 Å². The van der Waals surface area contributed by atoms with Gasteiger partial charge in [-0.3, -0.25) is 0 Å². The Balaban J connectivity index is 1.96. The number of nitrogens with one attached hydrogen (secondary N) is 1. The normalized spacial score (nSPS) is 12.2. The van der Waals surface area contributed by atoms with Crippen molar-refractivity contribution in [1.29, 1.82) is 0 Å². The number of rotatable bonds is 8. The van der Waals surface area contributed by atoms with Crippen molar-refractivity contribution >= 4 is 28.6 Å². The number of nitrogens with zero attached hydrogens (tertiary/aromatic N) is 4. The number of imidazole rings is 1. The minimum absolute atomic E-state index is 0.130. The van der Waals surface area contributed by atoms with Crippen molar-refractivity contribution in [2.45, 2.75) is 43.9 Å². The van der Waals surface area contributed by atoms with E-state index in [-0.39, 0.29) is 16.9 Å². The van der Waals surface area contributed by atoms with E-state index in [4.69, 9.17) is 10.7 Å². The van der Waals surface area contributed by atoms with Crippen molar-refractivity contribution in [1.82, 2.24) is 24.8 Å². The molecular weight excluding hydrogens is 412 g/mol. The number of anilines is 1. The van der Waals surface area contributed by atoms with Crippen LogP contribution < -0.4 is 11.1 Å². The molecule has 0 fully saturated rings. The minimum atomic E-state index is -0.152. The summed E-state index contributed by atoms with van der Waals surface area (Å²) >= 11 is 1.45. The zero-order valence-electron chi connectivity index (χ0n) is 18.8. The summed E-state index contributed by atoms with van der Waals surface area (Å²) < 4.78 is 2.12. The molecule has 0 aliphatic rings. The highest BCUT2D eigenvalue weighted by atomic mass is 32.2. The van der Waals surface area contributed by atoms with Gasteiger partial charge in [-0.25, -0.2) is 9.97 Å². The highest BCUT2D eigenvalue weighted by molar-refractivity contribution is 7.99. The summed E-state index contributed by atoms with van der Waals surface area (Å²) in [7, 11) is 3.92. The largest absolute Gasteiger partial charge is 0.504 e. The van der Waals surface area contributed by atoms with Crippen LogP contribution in [-0.2, 0) is 13.1 Å². The van der Waals surface area contributed by atoms with Crippen LogP contribution in [-0.4, -0.2) is 56.8 Å². The molecule has 0 unspecified atom stereocenters. The molecule has 0 spiro atoms. The fourth-order valence-electron chi connectivity index (χ4n) is 3.26. The second-order valence-corrected chi connectivity index (χ2v) is 10.1. The van der Waals surface area contributed by atoms with Gasteiger partial charge in [0.25, 0.3) is 0 Å². The average Bonchev–Trinajstić information content (AvgIpc) is 3.00. The predicted octanol–water partition coefficient (Wildman–Crippen LogP) is 3.27. The van der Waals surface area contributed by atoms with Gasteiger partial charge < -0.3 is 30.7 Å². The highest BCUT2D eigenvalue weighted by Crippen LogP contribution is 2.38. The number of aromatic nitrogens is 3. The number of phenolic OH excluding ortho intramolecular Hbond substituents is 2. The van der Waals surface area contributed by atoms with Gasteiger partial charge in [-0.2, -0.15) is 0 Å². The monoisotopic (exact) mass is 444 g/mol. The minimum Gasteiger partial charge on any atom is -0.504 e. The zero-order valence-corrected chi connectivity index (χ0v) is 19.6. The third kappa shape index (κ3) is 5.81. The van der Waals surface area contributed by atoms with Gasteiger partial charge in [0.1, 0.15) is 5.52 Å². The Morgan fingerprint density at radius 2 is 1.90 bits per heavy atom. The van der Waals surface area contributed by atoms with Crippen LogP contribution in [0.5, 0.6) is 11.5 Å². The van der Waals surface area contributed by atoms with Crippen LogP contribution >= 0.6 is 11.8 Å². The molecule has 0 radical (unpaired) electrons. The second kappa shape index (κ2) is 9.33. The molecule has 2 heterocycles. The molecule has 31 heavy (non-hydrogen) atoms. The van der Waals surface area contributed by atoms with Gasteiger partial charge in [-0.1, -0.05) is 32.5 Å². The smallest absolute Gasteiger partial charge is 0.174 e. The van der Waals surface area contributed by atoms with E-state index < -0.39 is 0 Å². The van der Waals surface area contributed by atoms with Crippen LogP contribution in [0.15, 0.2) is 34.4 Å². The first kappa shape index (κ1) is 23.2. The maximum atomic E-state index is 10.1. The van der Waals surface area contributed by atoms with Gasteiger partial charge in [0, 0.05) is 37.3 Å². The summed E-state index contributed by atoms with van der Waals surface area (Å²) in [6.07, 6.45) is 1.69. The molecule has 3 rings (SSSR count). The number of nitrogens with two attached hydrogens (primary N) is 1. The van der Waals surface area contributed by atoms with Gasteiger partial charge in [0.05, 0.1) is 5.52 Å². The third-order valence-corrected chi connectivity index (χ3v) is 5.77. The molecule has 0 atom stereocenters. The zero-order chi connectivity index (χ0) is 22.8. The van der Waals surface area contributed by atoms with E-state index in [1.807, 2.05) is 25.1 Å². The van der Waals surface area contributed by atoms with Crippen LogP contribution in [0.4, 0.5) is 5.82 Å². The van der Waals surface area contributed by atoms with Gasteiger partial charge >= 0.3 is 0 Å². The van der Waals surface area contributed by atoms with E-state index in [9.17, 15) is 10.2 Å². The molecule has 168 valence electrons. The summed E-state index contributed by atoms with van der Waals surface area (Å²) in [6.45, 7) is 9.62. The lowest BCUT2D eigenvalue weighted by Crippen LogP contribution is -2.29. The van der Waals surface area contributed by atoms with Crippen LogP contribution in [0.3, 0.4) is 0 Å². The Bertz CT molecular complexity index is 1060. The number of phenols is 2. The van der Waals surface area contributed by atoms with E-state index >= 15 is 0 Å². The molecule has 5 N–H and O–H groups in total. The van der Waals surface area contributed by atoms with E-state index in [0.717, 1.165) is 34.2 Å². The molecule has 0 bridgehead atoms. The van der Waals surface area contributed by atoms with Crippen LogP contribution in [0.1, 0.15) is 26.3 Å². The van der Waals surface area contributed by atoms with Crippen LogP contribution in [0.25, 0.3) is 11.0 Å². The highest BCUT2D eigenvalue weighted by Gasteiger charge is 2.18. The molecule has 1 aromatic carbocycles. The Labute approximate surface area is 187 Å². The fourth-order valence-corrected chi connectivity index (χ4v) is 4.32. The van der Waals surface area contributed by atoms with E-state index in [2.05, 4.69) is 35.6 Å². The second-order valence-electron chi connectivity index (χ2n) is 9.14. The molecule has 0 saturated carbocycles. The molecule has 0 amide bonds. The number of pyridine rings is 1. The Morgan fingerprint density at radius 3 is 2.58 bits per heavy atom. The maximum absolute atomic E-state index is 10.1. The van der Waals surface area contributed by atoms with E-state index in [1.54, 1.807) is 18.3 Å². The van der Waals surface area contributed by atoms with Gasteiger partial charge in [0.2, 0.25) is 0 Å². The molecule has 8 nitrogen and oxygen atoms in total. The number of fused-ring (bicyclic) bond motifs is 1. The SMILES string of the molecule is CN(C)Cc1cc(O)c(O)cc1Sc1nc2c(N)nccc2n1CCNCC(C)(C)C. The third-order valence-electron chi connectivity index (χ3n) is 4.67. The van der Waals surface area contributed by atoms with E-state index in [1.165, 1.54) is 11.8 Å². The lowest BCUT2D eigenvalue weighted by atomic mass is 9.97. The van der Waals surface area contributed by atoms with Crippen molar-refractivity contribution in [3.05, 3.63) is 30.0 Å². The first-order chi connectivity index (χ1) is 14.5. The fraction of sp³-hybridized carbons (Fsp3) is 0.455. The maximum Gasteiger partial charge on any atom is 0.174 e. The van der Waals surface area contributed by atoms with E-state index in [0.29, 0.717) is 24.4 Å². The van der Waals surface area contributed by atoms with Crippen LogP contribution in [0, 0.1) is 5.41 Å². The molecule has 0 saturated heterocycles. The lowest BCUT2D eigenvalue weighted by molar-refractivity contribution is 0.375. The number of benzene rings is 1. The average molecular weight is 445 g/mol. The Kier molecular flexibility index (Phi) is 6.98. The van der Waals surface area contributed by atoms with Crippen molar-refractivity contribution in [3.8, 4) is 11.5 Å². The van der Waals surface area contributed by atoms with Crippen LogP contribution in [0.2, 0.25) is 0 Å². The first-order valence-electron chi connectivity index (χ1n) is 10.2. The number of aromatic hydroxyl groups is 2.